The Balaban J connectivity index is 3.19. The van der Waals surface area contributed by atoms with E-state index in [1.807, 2.05) is 0 Å². The molecule has 0 aliphatic heterocycles. The van der Waals surface area contributed by atoms with E-state index in [2.05, 4.69) is 25.7 Å². The summed E-state index contributed by atoms with van der Waals surface area (Å²) in [6, 6.07) is 0. The number of allylic oxidation sites excluding steroid dienone is 1. The van der Waals surface area contributed by atoms with Gasteiger partial charge in [-0.15, -0.1) is 6.58 Å². The van der Waals surface area contributed by atoms with E-state index < -0.39 is 0 Å². The molecular formula is C12H25NO. The molecule has 0 radical (unpaired) electrons. The monoisotopic (exact) mass is 199 g/mol. The lowest BCUT2D eigenvalue weighted by Crippen LogP contribution is -2.24. The van der Waals surface area contributed by atoms with Crippen molar-refractivity contribution in [3.63, 3.8) is 0 Å². The van der Waals surface area contributed by atoms with Gasteiger partial charge in [-0.25, -0.2) is 0 Å². The second-order valence-corrected chi connectivity index (χ2v) is 4.15. The Morgan fingerprint density at radius 3 is 2.79 bits per heavy atom. The molecule has 0 spiro atoms. The zero-order chi connectivity index (χ0) is 10.8. The molecule has 0 aliphatic carbocycles. The number of rotatable bonds is 9. The van der Waals surface area contributed by atoms with E-state index in [0.717, 1.165) is 25.6 Å². The first-order valence-corrected chi connectivity index (χ1v) is 5.50. The maximum atomic E-state index is 4.96. The molecule has 1 N–H and O–H groups in total. The van der Waals surface area contributed by atoms with Gasteiger partial charge in [0.05, 0.1) is 6.61 Å². The summed E-state index contributed by atoms with van der Waals surface area (Å²) < 4.78 is 4.96. The second-order valence-electron chi connectivity index (χ2n) is 4.15. The van der Waals surface area contributed by atoms with Crippen LogP contribution >= 0.6 is 0 Å². The average molecular weight is 199 g/mol. The van der Waals surface area contributed by atoms with Gasteiger partial charge in [-0.2, -0.15) is 0 Å². The minimum absolute atomic E-state index is 0.756. The highest BCUT2D eigenvalue weighted by molar-refractivity contribution is 4.87. The highest BCUT2D eigenvalue weighted by Gasteiger charge is 2.00. The number of hydrogen-bond acceptors (Lipinski definition) is 2. The minimum atomic E-state index is 0.756. The summed E-state index contributed by atoms with van der Waals surface area (Å²) in [5.41, 5.74) is 1.30. The van der Waals surface area contributed by atoms with Gasteiger partial charge >= 0.3 is 0 Å². The van der Waals surface area contributed by atoms with Crippen molar-refractivity contribution >= 4 is 0 Å². The van der Waals surface area contributed by atoms with Crippen molar-refractivity contribution in [3.8, 4) is 0 Å². The molecule has 0 amide bonds. The van der Waals surface area contributed by atoms with Gasteiger partial charge in [-0.1, -0.05) is 12.5 Å². The standard InChI is InChI=1S/C12H25NO/c1-11(2)6-5-7-12(3)10-13-8-9-14-4/h12-13H,1,5-10H2,2-4H3. The Kier molecular flexibility index (Phi) is 9.00. The second kappa shape index (κ2) is 9.22. The fraction of sp³-hybridized carbons (Fsp3) is 0.833. The van der Waals surface area contributed by atoms with E-state index in [1.54, 1.807) is 7.11 Å². The van der Waals surface area contributed by atoms with Crippen molar-refractivity contribution in [2.75, 3.05) is 26.8 Å². The van der Waals surface area contributed by atoms with Crippen molar-refractivity contribution in [1.29, 1.82) is 0 Å². The third kappa shape index (κ3) is 9.75. The minimum Gasteiger partial charge on any atom is -0.383 e. The third-order valence-electron chi connectivity index (χ3n) is 2.28. The number of methoxy groups -OCH3 is 1. The molecule has 84 valence electrons. The number of ether oxygens (including phenoxy) is 1. The Bertz CT molecular complexity index is 145. The smallest absolute Gasteiger partial charge is 0.0587 e. The van der Waals surface area contributed by atoms with E-state index in [1.165, 1.54) is 24.8 Å². The van der Waals surface area contributed by atoms with Gasteiger partial charge in [0, 0.05) is 13.7 Å². The van der Waals surface area contributed by atoms with Gasteiger partial charge in [0.15, 0.2) is 0 Å². The van der Waals surface area contributed by atoms with Crippen molar-refractivity contribution in [2.45, 2.75) is 33.1 Å². The maximum Gasteiger partial charge on any atom is 0.0587 e. The lowest BCUT2D eigenvalue weighted by Gasteiger charge is -2.12. The van der Waals surface area contributed by atoms with Crippen molar-refractivity contribution in [1.82, 2.24) is 5.32 Å². The van der Waals surface area contributed by atoms with Gasteiger partial charge < -0.3 is 10.1 Å². The summed E-state index contributed by atoms with van der Waals surface area (Å²) in [5.74, 6) is 0.756. The molecule has 0 aliphatic rings. The Labute approximate surface area is 88.7 Å². The van der Waals surface area contributed by atoms with Gasteiger partial charge in [-0.3, -0.25) is 0 Å². The highest BCUT2D eigenvalue weighted by atomic mass is 16.5. The Hall–Kier alpha value is -0.340. The maximum absolute atomic E-state index is 4.96. The van der Waals surface area contributed by atoms with Crippen LogP contribution in [0.15, 0.2) is 12.2 Å². The predicted molar refractivity (Wildman–Crippen MR) is 62.6 cm³/mol. The molecule has 1 unspecified atom stereocenters. The summed E-state index contributed by atoms with van der Waals surface area (Å²) >= 11 is 0. The van der Waals surface area contributed by atoms with Gasteiger partial charge in [0.1, 0.15) is 0 Å². The van der Waals surface area contributed by atoms with Crippen LogP contribution in [0.1, 0.15) is 33.1 Å². The summed E-state index contributed by atoms with van der Waals surface area (Å²) in [4.78, 5) is 0. The van der Waals surface area contributed by atoms with E-state index in [9.17, 15) is 0 Å². The van der Waals surface area contributed by atoms with E-state index in [0.29, 0.717) is 0 Å². The lowest BCUT2D eigenvalue weighted by atomic mass is 10.0. The van der Waals surface area contributed by atoms with Gasteiger partial charge in [0.2, 0.25) is 0 Å². The van der Waals surface area contributed by atoms with Crippen molar-refractivity contribution in [2.24, 2.45) is 5.92 Å². The molecule has 0 heterocycles. The van der Waals surface area contributed by atoms with Crippen LogP contribution in [-0.4, -0.2) is 26.8 Å². The van der Waals surface area contributed by atoms with Crippen LogP contribution in [0.4, 0.5) is 0 Å². The van der Waals surface area contributed by atoms with E-state index >= 15 is 0 Å². The summed E-state index contributed by atoms with van der Waals surface area (Å²) in [7, 11) is 1.73. The van der Waals surface area contributed by atoms with Crippen LogP contribution in [0.2, 0.25) is 0 Å². The van der Waals surface area contributed by atoms with Crippen LogP contribution in [0, 0.1) is 5.92 Å². The van der Waals surface area contributed by atoms with Gasteiger partial charge in [0.25, 0.3) is 0 Å². The molecule has 0 fully saturated rings. The fourth-order valence-corrected chi connectivity index (χ4v) is 1.38. The first-order valence-electron chi connectivity index (χ1n) is 5.50. The molecule has 0 aromatic rings. The largest absolute Gasteiger partial charge is 0.383 e. The van der Waals surface area contributed by atoms with Crippen LogP contribution in [-0.2, 0) is 4.74 Å². The van der Waals surface area contributed by atoms with E-state index in [4.69, 9.17) is 4.74 Å². The molecular weight excluding hydrogens is 174 g/mol. The molecule has 0 saturated heterocycles. The molecule has 2 heteroatoms. The van der Waals surface area contributed by atoms with Crippen LogP contribution in [0.25, 0.3) is 0 Å². The molecule has 0 aromatic carbocycles. The Morgan fingerprint density at radius 2 is 2.21 bits per heavy atom. The summed E-state index contributed by atoms with van der Waals surface area (Å²) in [6.07, 6.45) is 3.72. The molecule has 14 heavy (non-hydrogen) atoms. The zero-order valence-electron chi connectivity index (χ0n) is 9.94. The normalized spacial score (nSPS) is 12.8. The Morgan fingerprint density at radius 1 is 1.50 bits per heavy atom. The average Bonchev–Trinajstić information content (AvgIpc) is 2.12. The molecule has 1 atom stereocenters. The first-order chi connectivity index (χ1) is 6.66. The number of hydrogen-bond donors (Lipinski definition) is 1. The fourth-order valence-electron chi connectivity index (χ4n) is 1.38. The van der Waals surface area contributed by atoms with Crippen molar-refractivity contribution in [3.05, 3.63) is 12.2 Å². The quantitative estimate of drug-likeness (QED) is 0.455. The SMILES string of the molecule is C=C(C)CCCC(C)CNCCOC. The molecule has 0 bridgehead atoms. The topological polar surface area (TPSA) is 21.3 Å². The molecule has 0 saturated carbocycles. The first kappa shape index (κ1) is 13.7. The molecule has 0 rings (SSSR count). The molecule has 2 nitrogen and oxygen atoms in total. The van der Waals surface area contributed by atoms with Gasteiger partial charge in [-0.05, 0) is 38.6 Å². The highest BCUT2D eigenvalue weighted by Crippen LogP contribution is 2.10. The van der Waals surface area contributed by atoms with Crippen LogP contribution in [0.3, 0.4) is 0 Å². The van der Waals surface area contributed by atoms with Crippen LogP contribution in [0.5, 0.6) is 0 Å². The third-order valence-corrected chi connectivity index (χ3v) is 2.28. The van der Waals surface area contributed by atoms with Crippen LogP contribution < -0.4 is 5.32 Å². The van der Waals surface area contributed by atoms with E-state index in [-0.39, 0.29) is 0 Å². The lowest BCUT2D eigenvalue weighted by molar-refractivity contribution is 0.198. The predicted octanol–water partition coefficient (Wildman–Crippen LogP) is 2.60. The molecule has 0 aromatic heterocycles. The summed E-state index contributed by atoms with van der Waals surface area (Å²) in [6.45, 7) is 11.2. The summed E-state index contributed by atoms with van der Waals surface area (Å²) in [5, 5.41) is 3.38. The zero-order valence-corrected chi connectivity index (χ0v) is 9.94. The number of nitrogens with one attached hydrogen (secondary N) is 1. The van der Waals surface area contributed by atoms with Crippen molar-refractivity contribution < 1.29 is 4.74 Å².